The van der Waals surface area contributed by atoms with E-state index in [2.05, 4.69) is 5.32 Å². The van der Waals surface area contributed by atoms with E-state index >= 15 is 0 Å². The number of aryl methyl sites for hydroxylation is 2. The Morgan fingerprint density at radius 1 is 1.00 bits per heavy atom. The maximum absolute atomic E-state index is 13.6. The first-order valence-corrected chi connectivity index (χ1v) is 10.6. The largest absolute Gasteiger partial charge is 0.348 e. The average molecular weight is 410 g/mol. The van der Waals surface area contributed by atoms with Gasteiger partial charge in [0.1, 0.15) is 6.04 Å². The predicted octanol–water partition coefficient (Wildman–Crippen LogP) is 3.61. The summed E-state index contributed by atoms with van der Waals surface area (Å²) in [6, 6.07) is 6.97. The van der Waals surface area contributed by atoms with E-state index < -0.39 is 33.6 Å². The zero-order valence-corrected chi connectivity index (χ0v) is 17.3. The minimum atomic E-state index is -3.92. The molecule has 0 aliphatic carbocycles. The van der Waals surface area contributed by atoms with Gasteiger partial charge in [0, 0.05) is 6.07 Å². The summed E-state index contributed by atoms with van der Waals surface area (Å²) in [5, 5.41) is 2.78. The van der Waals surface area contributed by atoms with Crippen molar-refractivity contribution in [2.75, 3.05) is 10.6 Å². The lowest BCUT2D eigenvalue weighted by molar-refractivity contribution is -0.122. The minimum absolute atomic E-state index is 0.122. The van der Waals surface area contributed by atoms with E-state index in [0.717, 1.165) is 45.5 Å². The number of nitrogens with one attached hydrogen (secondary N) is 1. The van der Waals surface area contributed by atoms with Gasteiger partial charge < -0.3 is 5.32 Å². The number of anilines is 1. The first-order valence-electron chi connectivity index (χ1n) is 8.73. The lowest BCUT2D eigenvalue weighted by atomic mass is 10.0. The van der Waals surface area contributed by atoms with Gasteiger partial charge in [-0.05, 0) is 56.5 Å². The van der Waals surface area contributed by atoms with Crippen molar-refractivity contribution in [3.8, 4) is 0 Å². The molecule has 2 atom stereocenters. The van der Waals surface area contributed by atoms with Crippen LogP contribution in [-0.2, 0) is 14.8 Å². The van der Waals surface area contributed by atoms with Crippen molar-refractivity contribution in [1.29, 1.82) is 0 Å². The monoisotopic (exact) mass is 410 g/mol. The van der Waals surface area contributed by atoms with Crippen molar-refractivity contribution in [3.63, 3.8) is 0 Å². The van der Waals surface area contributed by atoms with Crippen LogP contribution in [0.4, 0.5) is 14.5 Å². The smallest absolute Gasteiger partial charge is 0.244 e. The summed E-state index contributed by atoms with van der Waals surface area (Å²) in [7, 11) is -3.92. The number of carbonyl (C=O) groups excluding carboxylic acids is 1. The second-order valence-electron chi connectivity index (χ2n) is 6.91. The van der Waals surface area contributed by atoms with E-state index in [1.807, 2.05) is 32.0 Å². The maximum atomic E-state index is 13.6. The molecule has 0 fully saturated rings. The summed E-state index contributed by atoms with van der Waals surface area (Å²) in [5.41, 5.74) is 2.95. The topological polar surface area (TPSA) is 66.5 Å². The van der Waals surface area contributed by atoms with E-state index in [1.54, 1.807) is 6.92 Å². The molecule has 5 nitrogen and oxygen atoms in total. The van der Waals surface area contributed by atoms with Gasteiger partial charge in [-0.3, -0.25) is 9.10 Å². The van der Waals surface area contributed by atoms with Gasteiger partial charge in [-0.2, -0.15) is 0 Å². The van der Waals surface area contributed by atoms with Crippen LogP contribution in [0.3, 0.4) is 0 Å². The van der Waals surface area contributed by atoms with Gasteiger partial charge >= 0.3 is 0 Å². The van der Waals surface area contributed by atoms with Gasteiger partial charge in [0.05, 0.1) is 18.0 Å². The van der Waals surface area contributed by atoms with E-state index in [9.17, 15) is 22.0 Å². The first kappa shape index (κ1) is 21.8. The third kappa shape index (κ3) is 4.86. The van der Waals surface area contributed by atoms with Crippen molar-refractivity contribution in [1.82, 2.24) is 5.32 Å². The number of sulfonamides is 1. The van der Waals surface area contributed by atoms with Crippen LogP contribution in [0.5, 0.6) is 0 Å². The fourth-order valence-corrected chi connectivity index (χ4v) is 4.05. The highest BCUT2D eigenvalue weighted by atomic mass is 32.2. The van der Waals surface area contributed by atoms with Crippen LogP contribution in [0, 0.1) is 25.5 Å². The molecule has 1 N–H and O–H groups in total. The van der Waals surface area contributed by atoms with Crippen LogP contribution in [0.25, 0.3) is 0 Å². The van der Waals surface area contributed by atoms with Crippen molar-refractivity contribution in [2.45, 2.75) is 39.8 Å². The quantitative estimate of drug-likeness (QED) is 0.791. The van der Waals surface area contributed by atoms with Gasteiger partial charge in [-0.15, -0.1) is 0 Å². The van der Waals surface area contributed by atoms with E-state index in [1.165, 1.54) is 6.92 Å². The van der Waals surface area contributed by atoms with E-state index in [-0.39, 0.29) is 11.7 Å². The van der Waals surface area contributed by atoms with Crippen LogP contribution >= 0.6 is 0 Å². The Morgan fingerprint density at radius 3 is 2.18 bits per heavy atom. The van der Waals surface area contributed by atoms with Crippen molar-refractivity contribution < 1.29 is 22.0 Å². The molecular weight excluding hydrogens is 386 g/mol. The van der Waals surface area contributed by atoms with Gasteiger partial charge in [-0.25, -0.2) is 17.2 Å². The predicted molar refractivity (Wildman–Crippen MR) is 106 cm³/mol. The molecule has 2 aromatic carbocycles. The minimum Gasteiger partial charge on any atom is -0.348 e. The number of hydrogen-bond donors (Lipinski definition) is 1. The molecule has 0 spiro atoms. The Balaban J connectivity index is 2.28. The molecule has 0 aromatic heterocycles. The molecule has 0 aliphatic heterocycles. The normalized spacial score (nSPS) is 13.7. The lowest BCUT2D eigenvalue weighted by Crippen LogP contribution is -2.48. The summed E-state index contributed by atoms with van der Waals surface area (Å²) in [6.07, 6.45) is 0.908. The Morgan fingerprint density at radius 2 is 1.64 bits per heavy atom. The van der Waals surface area contributed by atoms with Crippen LogP contribution in [-0.4, -0.2) is 26.6 Å². The third-order valence-electron chi connectivity index (χ3n) is 4.64. The molecule has 0 bridgehead atoms. The highest BCUT2D eigenvalue weighted by molar-refractivity contribution is 7.92. The summed E-state index contributed by atoms with van der Waals surface area (Å²) in [4.78, 5) is 12.7. The molecule has 0 heterocycles. The summed E-state index contributed by atoms with van der Waals surface area (Å²) in [6.45, 7) is 7.13. The molecule has 0 radical (unpaired) electrons. The zero-order valence-electron chi connectivity index (χ0n) is 16.5. The Hall–Kier alpha value is -2.48. The molecule has 0 aliphatic rings. The van der Waals surface area contributed by atoms with Gasteiger partial charge in [0.15, 0.2) is 11.6 Å². The van der Waals surface area contributed by atoms with Gasteiger partial charge in [0.25, 0.3) is 0 Å². The number of halogens is 2. The number of nitrogens with zero attached hydrogens (tertiary/aromatic N) is 1. The number of benzene rings is 2. The maximum Gasteiger partial charge on any atom is 0.244 e. The van der Waals surface area contributed by atoms with Crippen molar-refractivity contribution in [2.24, 2.45) is 0 Å². The summed E-state index contributed by atoms with van der Waals surface area (Å²) in [5.74, 6) is -2.85. The fourth-order valence-electron chi connectivity index (χ4n) is 2.88. The SMILES string of the molecule is Cc1ccc([C@H](C)NC(=O)[C@@H](C)N(c2ccc(F)c(F)c2)S(C)(=O)=O)cc1C. The molecule has 0 saturated carbocycles. The zero-order chi connectivity index (χ0) is 21.2. The molecule has 8 heteroatoms. The van der Waals surface area contributed by atoms with Gasteiger partial charge in [-0.1, -0.05) is 18.2 Å². The highest BCUT2D eigenvalue weighted by Crippen LogP contribution is 2.24. The molecule has 0 unspecified atom stereocenters. The fraction of sp³-hybridized carbons (Fsp3) is 0.350. The Bertz CT molecular complexity index is 993. The Labute approximate surface area is 164 Å². The molecule has 152 valence electrons. The highest BCUT2D eigenvalue weighted by Gasteiger charge is 2.30. The molecule has 28 heavy (non-hydrogen) atoms. The number of hydrogen-bond acceptors (Lipinski definition) is 3. The van der Waals surface area contributed by atoms with Crippen LogP contribution in [0.1, 0.15) is 36.6 Å². The van der Waals surface area contributed by atoms with Crippen molar-refractivity contribution >= 4 is 21.6 Å². The lowest BCUT2D eigenvalue weighted by Gasteiger charge is -2.29. The van der Waals surface area contributed by atoms with E-state index in [4.69, 9.17) is 0 Å². The molecule has 1 amide bonds. The van der Waals surface area contributed by atoms with Crippen LogP contribution in [0.15, 0.2) is 36.4 Å². The summed E-state index contributed by atoms with van der Waals surface area (Å²) >= 11 is 0. The number of amides is 1. The van der Waals surface area contributed by atoms with E-state index in [0.29, 0.717) is 0 Å². The van der Waals surface area contributed by atoms with Crippen LogP contribution < -0.4 is 9.62 Å². The second-order valence-corrected chi connectivity index (χ2v) is 8.77. The molecular formula is C20H24F2N2O3S. The third-order valence-corrected chi connectivity index (χ3v) is 5.88. The second kappa shape index (κ2) is 8.26. The van der Waals surface area contributed by atoms with Crippen LogP contribution in [0.2, 0.25) is 0 Å². The summed E-state index contributed by atoms with van der Waals surface area (Å²) < 4.78 is 52.1. The molecule has 2 rings (SSSR count). The standard InChI is InChI=1S/C20H24F2N2O3S/c1-12-6-7-16(10-13(12)2)14(3)23-20(25)15(4)24(28(5,26)27)17-8-9-18(21)19(22)11-17/h6-11,14-15H,1-5H3,(H,23,25)/t14-,15+/m0/s1. The molecule has 0 saturated heterocycles. The first-order chi connectivity index (χ1) is 12.9. The van der Waals surface area contributed by atoms with Gasteiger partial charge in [0.2, 0.25) is 15.9 Å². The Kier molecular flexibility index (Phi) is 6.44. The molecule has 2 aromatic rings. The van der Waals surface area contributed by atoms with Crippen molar-refractivity contribution in [3.05, 3.63) is 64.7 Å². The number of rotatable bonds is 6. The number of carbonyl (C=O) groups is 1. The average Bonchev–Trinajstić information content (AvgIpc) is 2.59.